The number of amides is 1. The molecule has 18 heavy (non-hydrogen) atoms. The number of rotatable bonds is 3. The van der Waals surface area contributed by atoms with E-state index in [1.807, 2.05) is 0 Å². The summed E-state index contributed by atoms with van der Waals surface area (Å²) >= 11 is 0. The summed E-state index contributed by atoms with van der Waals surface area (Å²) in [6.07, 6.45) is 8.23. The van der Waals surface area contributed by atoms with Crippen LogP contribution in [-0.2, 0) is 9.59 Å². The first kappa shape index (κ1) is 12.9. The molecule has 4 atom stereocenters. The fourth-order valence-electron chi connectivity index (χ4n) is 3.28. The van der Waals surface area contributed by atoms with Crippen molar-refractivity contribution in [3.05, 3.63) is 0 Å². The molecular weight excluding hydrogens is 232 g/mol. The lowest BCUT2D eigenvalue weighted by atomic mass is 9.94. The van der Waals surface area contributed by atoms with Gasteiger partial charge in [-0.3, -0.25) is 4.79 Å². The highest BCUT2D eigenvalue weighted by molar-refractivity contribution is 5.88. The van der Waals surface area contributed by atoms with Gasteiger partial charge in [0.15, 0.2) is 0 Å². The van der Waals surface area contributed by atoms with Gasteiger partial charge in [-0.05, 0) is 24.7 Å². The van der Waals surface area contributed by atoms with Crippen LogP contribution >= 0.6 is 0 Å². The monoisotopic (exact) mass is 250 g/mol. The Morgan fingerprint density at radius 2 is 2.22 bits per heavy atom. The van der Waals surface area contributed by atoms with E-state index in [1.165, 1.54) is 4.90 Å². The lowest BCUT2D eigenvalue weighted by Crippen LogP contribution is -2.49. The fourth-order valence-corrected chi connectivity index (χ4v) is 3.28. The maximum atomic E-state index is 12.1. The predicted octanol–water partition coefficient (Wildman–Crippen LogP) is 0.0487. The number of carbonyl (C=O) groups excluding carboxylic acids is 1. The largest absolute Gasteiger partial charge is 0.480 e. The van der Waals surface area contributed by atoms with Gasteiger partial charge >= 0.3 is 5.97 Å². The number of aliphatic carboxylic acids is 1. The van der Waals surface area contributed by atoms with Gasteiger partial charge in [0.1, 0.15) is 6.04 Å². The number of carbonyl (C=O) groups is 2. The number of carboxylic acid groups (broad SMARTS) is 1. The maximum absolute atomic E-state index is 12.1. The van der Waals surface area contributed by atoms with E-state index in [4.69, 9.17) is 12.2 Å². The standard InChI is InChI=1S/C13H18N2O3/c1-2-4-10(14)12(16)15-7-8-5-3-6-9(8)11(15)13(17)18/h1,8-11H,3-7,14H2,(H,17,18). The van der Waals surface area contributed by atoms with Crippen LogP contribution < -0.4 is 5.73 Å². The zero-order valence-corrected chi connectivity index (χ0v) is 10.2. The Morgan fingerprint density at radius 3 is 2.83 bits per heavy atom. The van der Waals surface area contributed by atoms with Crippen molar-refractivity contribution in [1.29, 1.82) is 0 Å². The first-order valence-electron chi connectivity index (χ1n) is 6.28. The highest BCUT2D eigenvalue weighted by atomic mass is 16.4. The van der Waals surface area contributed by atoms with Crippen LogP contribution in [0.2, 0.25) is 0 Å². The van der Waals surface area contributed by atoms with Gasteiger partial charge in [-0.2, -0.15) is 0 Å². The Kier molecular flexibility index (Phi) is 3.58. The third-order valence-corrected chi connectivity index (χ3v) is 4.08. The number of terminal acetylenes is 1. The Bertz CT molecular complexity index is 402. The molecule has 1 aliphatic carbocycles. The molecule has 98 valence electrons. The van der Waals surface area contributed by atoms with Crippen LogP contribution in [0.3, 0.4) is 0 Å². The number of nitrogens with zero attached hydrogens (tertiary/aromatic N) is 1. The molecule has 5 nitrogen and oxygen atoms in total. The molecule has 1 heterocycles. The van der Waals surface area contributed by atoms with Crippen LogP contribution in [0, 0.1) is 24.2 Å². The van der Waals surface area contributed by atoms with Gasteiger partial charge in [0.25, 0.3) is 0 Å². The predicted molar refractivity (Wildman–Crippen MR) is 65.4 cm³/mol. The second kappa shape index (κ2) is 4.99. The number of hydrogen-bond acceptors (Lipinski definition) is 3. The van der Waals surface area contributed by atoms with Crippen molar-refractivity contribution < 1.29 is 14.7 Å². The molecule has 0 aromatic heterocycles. The Morgan fingerprint density at radius 1 is 1.50 bits per heavy atom. The molecule has 1 saturated heterocycles. The summed E-state index contributed by atoms with van der Waals surface area (Å²) in [5, 5.41) is 9.32. The normalized spacial score (nSPS) is 31.8. The third-order valence-electron chi connectivity index (χ3n) is 4.08. The molecule has 3 N–H and O–H groups in total. The quantitative estimate of drug-likeness (QED) is 0.693. The summed E-state index contributed by atoms with van der Waals surface area (Å²) in [5.41, 5.74) is 5.69. The molecule has 1 amide bonds. The van der Waals surface area contributed by atoms with Gasteiger partial charge in [0.2, 0.25) is 5.91 Å². The number of fused-ring (bicyclic) bond motifs is 1. The van der Waals surface area contributed by atoms with Crippen LogP contribution in [0.5, 0.6) is 0 Å². The molecule has 0 radical (unpaired) electrons. The van der Waals surface area contributed by atoms with Crippen molar-refractivity contribution in [3.63, 3.8) is 0 Å². The van der Waals surface area contributed by atoms with E-state index in [1.54, 1.807) is 0 Å². The van der Waals surface area contributed by atoms with Gasteiger partial charge in [-0.15, -0.1) is 12.3 Å². The van der Waals surface area contributed by atoms with Crippen molar-refractivity contribution in [1.82, 2.24) is 4.90 Å². The molecule has 4 unspecified atom stereocenters. The van der Waals surface area contributed by atoms with E-state index in [-0.39, 0.29) is 18.2 Å². The zero-order chi connectivity index (χ0) is 13.3. The van der Waals surface area contributed by atoms with Crippen LogP contribution in [0.15, 0.2) is 0 Å². The van der Waals surface area contributed by atoms with Crippen molar-refractivity contribution in [2.75, 3.05) is 6.54 Å². The van der Waals surface area contributed by atoms with Crippen LogP contribution in [0.1, 0.15) is 25.7 Å². The first-order chi connectivity index (χ1) is 8.56. The second-order valence-electron chi connectivity index (χ2n) is 5.14. The minimum absolute atomic E-state index is 0.0875. The van der Waals surface area contributed by atoms with E-state index >= 15 is 0 Å². The first-order valence-corrected chi connectivity index (χ1v) is 6.28. The molecule has 0 spiro atoms. The Labute approximate surface area is 106 Å². The highest BCUT2D eigenvalue weighted by Crippen LogP contribution is 2.42. The number of nitrogens with two attached hydrogens (primary N) is 1. The summed E-state index contributed by atoms with van der Waals surface area (Å²) in [5.74, 6) is 1.50. The van der Waals surface area contributed by atoms with E-state index in [0.717, 1.165) is 19.3 Å². The van der Waals surface area contributed by atoms with E-state index in [0.29, 0.717) is 12.5 Å². The minimum atomic E-state index is -0.925. The lowest BCUT2D eigenvalue weighted by Gasteiger charge is -2.26. The number of likely N-dealkylation sites (tertiary alicyclic amines) is 1. The van der Waals surface area contributed by atoms with Gasteiger partial charge < -0.3 is 15.7 Å². The van der Waals surface area contributed by atoms with E-state index in [2.05, 4.69) is 5.92 Å². The summed E-state index contributed by atoms with van der Waals surface area (Å²) in [6.45, 7) is 0.513. The Hall–Kier alpha value is -1.54. The number of hydrogen-bond donors (Lipinski definition) is 2. The fraction of sp³-hybridized carbons (Fsp3) is 0.692. The van der Waals surface area contributed by atoms with Crippen LogP contribution in [0.4, 0.5) is 0 Å². The Balaban J connectivity index is 2.15. The molecule has 2 rings (SSSR count). The smallest absolute Gasteiger partial charge is 0.326 e. The van der Waals surface area contributed by atoms with Crippen LogP contribution in [-0.4, -0.2) is 40.5 Å². The minimum Gasteiger partial charge on any atom is -0.480 e. The lowest BCUT2D eigenvalue weighted by molar-refractivity contribution is -0.150. The van der Waals surface area contributed by atoms with Gasteiger partial charge in [-0.1, -0.05) is 6.42 Å². The summed E-state index contributed by atoms with van der Waals surface area (Å²) in [6, 6.07) is -1.50. The molecule has 2 aliphatic rings. The molecular formula is C13H18N2O3. The highest BCUT2D eigenvalue weighted by Gasteiger charge is 2.50. The molecule has 0 aromatic carbocycles. The molecule has 2 fully saturated rings. The average molecular weight is 250 g/mol. The van der Waals surface area contributed by atoms with E-state index < -0.39 is 18.1 Å². The van der Waals surface area contributed by atoms with Crippen molar-refractivity contribution >= 4 is 11.9 Å². The van der Waals surface area contributed by atoms with Crippen LogP contribution in [0.25, 0.3) is 0 Å². The topological polar surface area (TPSA) is 83.6 Å². The maximum Gasteiger partial charge on any atom is 0.326 e. The summed E-state index contributed by atoms with van der Waals surface area (Å²) in [4.78, 5) is 24.9. The van der Waals surface area contributed by atoms with Crippen molar-refractivity contribution in [2.45, 2.75) is 37.8 Å². The summed E-state index contributed by atoms with van der Waals surface area (Å²) in [7, 11) is 0. The average Bonchev–Trinajstić information content (AvgIpc) is 2.86. The zero-order valence-electron chi connectivity index (χ0n) is 10.2. The molecule has 0 aromatic rings. The van der Waals surface area contributed by atoms with Crippen molar-refractivity contribution in [2.24, 2.45) is 17.6 Å². The summed E-state index contributed by atoms with van der Waals surface area (Å²) < 4.78 is 0. The third kappa shape index (κ3) is 2.08. The molecule has 1 aliphatic heterocycles. The second-order valence-corrected chi connectivity index (χ2v) is 5.14. The molecule has 5 heteroatoms. The molecule has 0 bridgehead atoms. The van der Waals surface area contributed by atoms with Crippen molar-refractivity contribution in [3.8, 4) is 12.3 Å². The van der Waals surface area contributed by atoms with Gasteiger partial charge in [-0.25, -0.2) is 4.79 Å². The molecule has 1 saturated carbocycles. The van der Waals surface area contributed by atoms with Gasteiger partial charge in [0, 0.05) is 13.0 Å². The SMILES string of the molecule is C#CCC(N)C(=O)N1CC2CCCC2C1C(=O)O. The number of carboxylic acids is 1. The van der Waals surface area contributed by atoms with Gasteiger partial charge in [0.05, 0.1) is 6.04 Å². The van der Waals surface area contributed by atoms with E-state index in [9.17, 15) is 14.7 Å².